The highest BCUT2D eigenvalue weighted by Crippen LogP contribution is 2.52. The van der Waals surface area contributed by atoms with E-state index in [1.54, 1.807) is 12.1 Å². The van der Waals surface area contributed by atoms with Crippen molar-refractivity contribution in [1.82, 2.24) is 4.90 Å². The number of nitrogens with zero attached hydrogens (tertiary/aromatic N) is 1. The number of ether oxygens (including phenoxy) is 1. The van der Waals surface area contributed by atoms with Crippen molar-refractivity contribution in [2.75, 3.05) is 0 Å². The van der Waals surface area contributed by atoms with Crippen LogP contribution in [0.1, 0.15) is 28.0 Å². The first kappa shape index (κ1) is 19.2. The summed E-state index contributed by atoms with van der Waals surface area (Å²) in [5.41, 5.74) is 1.76. The van der Waals surface area contributed by atoms with Gasteiger partial charge in [-0.05, 0) is 48.4 Å². The topological polar surface area (TPSA) is 12.5 Å². The number of fused-ring (bicyclic) bond motifs is 5. The van der Waals surface area contributed by atoms with Crippen LogP contribution in [0.15, 0.2) is 57.6 Å². The quantitative estimate of drug-likeness (QED) is 0.380. The van der Waals surface area contributed by atoms with E-state index in [0.29, 0.717) is 43.4 Å². The van der Waals surface area contributed by atoms with Crippen LogP contribution in [0, 0.1) is 5.82 Å². The molecule has 0 saturated carbocycles. The molecule has 0 bridgehead atoms. The lowest BCUT2D eigenvalue weighted by atomic mass is 10.00. The molecule has 0 radical (unpaired) electrons. The molecule has 2 unspecified atom stereocenters. The smallest absolute Gasteiger partial charge is 0.425 e. The third-order valence-corrected chi connectivity index (χ3v) is 6.94. The molecule has 0 amide bonds. The SMILES string of the molecule is Fc1cc(Br)cc2c1C1=CC3=CC(Cl)=CCC3N1C(c1ccc(C(F)(F)F)s1)O2. The lowest BCUT2D eigenvalue weighted by Gasteiger charge is -2.41. The van der Waals surface area contributed by atoms with Crippen molar-refractivity contribution in [3.8, 4) is 5.75 Å². The van der Waals surface area contributed by atoms with Crippen LogP contribution >= 0.6 is 38.9 Å². The van der Waals surface area contributed by atoms with E-state index in [2.05, 4.69) is 15.9 Å². The highest BCUT2D eigenvalue weighted by Gasteiger charge is 2.44. The van der Waals surface area contributed by atoms with E-state index in [0.717, 1.165) is 11.6 Å². The van der Waals surface area contributed by atoms with Gasteiger partial charge in [-0.3, -0.25) is 0 Å². The van der Waals surface area contributed by atoms with Crippen LogP contribution in [-0.2, 0) is 6.18 Å². The third kappa shape index (κ3) is 3.12. The zero-order valence-corrected chi connectivity index (χ0v) is 17.6. The molecule has 0 spiro atoms. The van der Waals surface area contributed by atoms with Crippen LogP contribution in [0.4, 0.5) is 17.6 Å². The Morgan fingerprint density at radius 3 is 2.72 bits per heavy atom. The molecular formula is C20H11BrClF4NOS. The highest BCUT2D eigenvalue weighted by atomic mass is 79.9. The molecule has 1 aromatic carbocycles. The van der Waals surface area contributed by atoms with Gasteiger partial charge in [0.2, 0.25) is 6.23 Å². The van der Waals surface area contributed by atoms with Gasteiger partial charge in [-0.2, -0.15) is 13.2 Å². The predicted octanol–water partition coefficient (Wildman–Crippen LogP) is 7.24. The number of benzene rings is 1. The van der Waals surface area contributed by atoms with Gasteiger partial charge < -0.3 is 9.64 Å². The number of halogens is 6. The summed E-state index contributed by atoms with van der Waals surface area (Å²) in [6.07, 6.45) is 0.792. The van der Waals surface area contributed by atoms with E-state index in [-0.39, 0.29) is 11.8 Å². The molecule has 0 N–H and O–H groups in total. The van der Waals surface area contributed by atoms with Gasteiger partial charge in [-0.15, -0.1) is 11.3 Å². The average Bonchev–Trinajstić information content (AvgIpc) is 3.24. The largest absolute Gasteiger partial charge is 0.465 e. The van der Waals surface area contributed by atoms with E-state index < -0.39 is 23.1 Å². The molecule has 0 fully saturated rings. The molecule has 2 aliphatic heterocycles. The second-order valence-corrected chi connectivity index (χ2v) is 9.32. The summed E-state index contributed by atoms with van der Waals surface area (Å²) in [4.78, 5) is 1.54. The van der Waals surface area contributed by atoms with Gasteiger partial charge in [-0.1, -0.05) is 33.6 Å². The Labute approximate surface area is 180 Å². The second kappa shape index (κ2) is 6.62. The van der Waals surface area contributed by atoms with E-state index in [1.807, 2.05) is 17.1 Å². The maximum absolute atomic E-state index is 14.8. The standard InChI is InChI=1S/C20H11BrClF4NOS/c21-10-7-12(23)18-14-6-9-5-11(22)1-2-13(9)27(14)19(28-15(18)8-10)16-3-4-17(29-16)20(24,25)26/h1,3-8,13,19H,2H2. The minimum Gasteiger partial charge on any atom is -0.465 e. The Hall–Kier alpha value is -1.77. The van der Waals surface area contributed by atoms with Crippen LogP contribution in [-0.4, -0.2) is 10.9 Å². The molecule has 2 nitrogen and oxygen atoms in total. The fourth-order valence-corrected chi connectivity index (χ4v) is 5.41. The summed E-state index contributed by atoms with van der Waals surface area (Å²) in [6.45, 7) is 0. The van der Waals surface area contributed by atoms with Gasteiger partial charge in [0.25, 0.3) is 0 Å². The van der Waals surface area contributed by atoms with Crippen molar-refractivity contribution in [3.63, 3.8) is 0 Å². The molecule has 3 aliphatic rings. The summed E-state index contributed by atoms with van der Waals surface area (Å²) in [5.74, 6) is -0.186. The number of alkyl halides is 3. The van der Waals surface area contributed by atoms with E-state index >= 15 is 0 Å². The highest BCUT2D eigenvalue weighted by molar-refractivity contribution is 9.10. The van der Waals surface area contributed by atoms with Crippen molar-refractivity contribution < 1.29 is 22.3 Å². The molecule has 1 aliphatic carbocycles. The molecular weight excluding hydrogens is 494 g/mol. The Bertz CT molecular complexity index is 1120. The molecule has 2 atom stereocenters. The van der Waals surface area contributed by atoms with Gasteiger partial charge in [0, 0.05) is 9.51 Å². The maximum Gasteiger partial charge on any atom is 0.425 e. The van der Waals surface area contributed by atoms with E-state index in [9.17, 15) is 17.6 Å². The van der Waals surface area contributed by atoms with Crippen molar-refractivity contribution in [3.05, 3.63) is 78.7 Å². The van der Waals surface area contributed by atoms with Crippen molar-refractivity contribution >= 4 is 44.6 Å². The predicted molar refractivity (Wildman–Crippen MR) is 107 cm³/mol. The first-order valence-corrected chi connectivity index (χ1v) is 10.6. The number of rotatable bonds is 1. The summed E-state index contributed by atoms with van der Waals surface area (Å²) < 4.78 is 60.8. The summed E-state index contributed by atoms with van der Waals surface area (Å²) in [7, 11) is 0. The Kier molecular flexibility index (Phi) is 4.38. The number of allylic oxidation sites excluding steroid dienone is 2. The minimum absolute atomic E-state index is 0.190. The second-order valence-electron chi connectivity index (χ2n) is 6.85. The zero-order valence-electron chi connectivity index (χ0n) is 14.4. The van der Waals surface area contributed by atoms with Gasteiger partial charge in [0.05, 0.1) is 22.2 Å². The minimum atomic E-state index is -4.43. The number of hydrogen-bond acceptors (Lipinski definition) is 3. The molecule has 29 heavy (non-hydrogen) atoms. The van der Waals surface area contributed by atoms with E-state index in [4.69, 9.17) is 16.3 Å². The van der Waals surface area contributed by atoms with Gasteiger partial charge >= 0.3 is 6.18 Å². The monoisotopic (exact) mass is 503 g/mol. The van der Waals surface area contributed by atoms with Crippen LogP contribution < -0.4 is 4.74 Å². The number of thiophene rings is 1. The van der Waals surface area contributed by atoms with Gasteiger partial charge in [0.1, 0.15) is 16.4 Å². The first-order chi connectivity index (χ1) is 13.7. The first-order valence-electron chi connectivity index (χ1n) is 8.62. The summed E-state index contributed by atoms with van der Waals surface area (Å²) in [5, 5.41) is 0.581. The molecule has 1 aromatic heterocycles. The van der Waals surface area contributed by atoms with Crippen LogP contribution in [0.25, 0.3) is 5.70 Å². The molecule has 150 valence electrons. The average molecular weight is 505 g/mol. The molecule has 9 heteroatoms. The molecule has 3 heterocycles. The van der Waals surface area contributed by atoms with Crippen molar-refractivity contribution in [2.24, 2.45) is 0 Å². The van der Waals surface area contributed by atoms with Crippen LogP contribution in [0.2, 0.25) is 0 Å². The Morgan fingerprint density at radius 1 is 1.21 bits per heavy atom. The summed E-state index contributed by atoms with van der Waals surface area (Å²) >= 11 is 10.0. The van der Waals surface area contributed by atoms with Gasteiger partial charge in [0.15, 0.2) is 0 Å². The normalized spacial score (nSPS) is 22.8. The lowest BCUT2D eigenvalue weighted by Crippen LogP contribution is -2.39. The molecule has 5 rings (SSSR count). The summed E-state index contributed by atoms with van der Waals surface area (Å²) in [6, 6.07) is 5.25. The third-order valence-electron chi connectivity index (χ3n) is 5.06. The molecule has 0 saturated heterocycles. The molecule has 2 aromatic rings. The lowest BCUT2D eigenvalue weighted by molar-refractivity contribution is -0.134. The van der Waals surface area contributed by atoms with Crippen LogP contribution in [0.5, 0.6) is 5.75 Å². The maximum atomic E-state index is 14.8. The van der Waals surface area contributed by atoms with Gasteiger partial charge in [-0.25, -0.2) is 4.39 Å². The zero-order chi connectivity index (χ0) is 20.5. The van der Waals surface area contributed by atoms with Crippen molar-refractivity contribution in [1.29, 1.82) is 0 Å². The van der Waals surface area contributed by atoms with Crippen molar-refractivity contribution in [2.45, 2.75) is 24.9 Å². The fraction of sp³-hybridized carbons (Fsp3) is 0.200. The Morgan fingerprint density at radius 2 is 2.00 bits per heavy atom. The van der Waals surface area contributed by atoms with E-state index in [1.165, 1.54) is 12.1 Å². The van der Waals surface area contributed by atoms with Crippen LogP contribution in [0.3, 0.4) is 0 Å². The fourth-order valence-electron chi connectivity index (χ4n) is 3.88. The Balaban J connectivity index is 1.67. The number of hydrogen-bond donors (Lipinski definition) is 0.